The first-order chi connectivity index (χ1) is 16.5. The minimum atomic E-state index is -0.768. The zero-order valence-corrected chi connectivity index (χ0v) is 20.5. The fourth-order valence-corrected chi connectivity index (χ4v) is 3.79. The Morgan fingerprint density at radius 2 is 2.00 bits per heavy atom. The third-order valence-electron chi connectivity index (χ3n) is 5.88. The van der Waals surface area contributed by atoms with E-state index >= 15 is 0 Å². The summed E-state index contributed by atoms with van der Waals surface area (Å²) in [6.07, 6.45) is 3.98. The molecule has 2 heterocycles. The molecule has 0 aliphatic carbocycles. The molecular weight excluding hydrogens is 446 g/mol. The van der Waals surface area contributed by atoms with E-state index in [1.165, 1.54) is 18.2 Å². The predicted octanol–water partition coefficient (Wildman–Crippen LogP) is 1.74. The lowest BCUT2D eigenvalue weighted by Gasteiger charge is -2.38. The van der Waals surface area contributed by atoms with E-state index in [4.69, 9.17) is 5.41 Å². The smallest absolute Gasteiger partial charge is 0.255 e. The number of carbonyl (C=O) groups is 4. The molecule has 184 valence electrons. The van der Waals surface area contributed by atoms with Crippen LogP contribution in [-0.2, 0) is 9.59 Å². The topological polar surface area (TPSA) is 123 Å². The van der Waals surface area contributed by atoms with Crippen LogP contribution in [0.2, 0.25) is 0 Å². The lowest BCUT2D eigenvalue weighted by molar-refractivity contribution is -0.136. The lowest BCUT2D eigenvalue weighted by Crippen LogP contribution is -2.53. The molecule has 9 nitrogen and oxygen atoms in total. The number of benzene rings is 1. The normalized spacial score (nSPS) is 18.6. The molecule has 0 radical (unpaired) electrons. The number of imide groups is 1. The number of nitrogens with zero attached hydrogens (tertiary/aromatic N) is 2. The van der Waals surface area contributed by atoms with Crippen LogP contribution in [0.25, 0.3) is 0 Å². The van der Waals surface area contributed by atoms with Crippen molar-refractivity contribution in [2.45, 2.75) is 45.2 Å². The van der Waals surface area contributed by atoms with Crippen LogP contribution in [0, 0.1) is 23.2 Å². The Balaban J connectivity index is 1.70. The molecule has 1 atom stereocenters. The van der Waals surface area contributed by atoms with Crippen molar-refractivity contribution in [3.8, 4) is 11.8 Å². The number of rotatable bonds is 6. The Hall–Kier alpha value is -3.93. The number of piperidine rings is 1. The van der Waals surface area contributed by atoms with E-state index in [2.05, 4.69) is 27.4 Å². The van der Waals surface area contributed by atoms with Gasteiger partial charge in [0.2, 0.25) is 11.8 Å². The molecule has 1 unspecified atom stereocenters. The summed E-state index contributed by atoms with van der Waals surface area (Å²) in [5.74, 6) is 5.01. The summed E-state index contributed by atoms with van der Waals surface area (Å²) in [7, 11) is 1.50. The molecule has 2 saturated heterocycles. The van der Waals surface area contributed by atoms with Crippen molar-refractivity contribution in [1.82, 2.24) is 15.5 Å². The highest BCUT2D eigenvalue weighted by molar-refractivity contribution is 6.06. The van der Waals surface area contributed by atoms with Crippen LogP contribution >= 0.6 is 0 Å². The summed E-state index contributed by atoms with van der Waals surface area (Å²) in [6.45, 7) is 7.39. The highest BCUT2D eigenvalue weighted by Gasteiger charge is 2.34. The van der Waals surface area contributed by atoms with Crippen molar-refractivity contribution in [2.24, 2.45) is 5.92 Å². The number of carbonyl (C=O) groups excluding carboxylic acids is 4. The molecule has 35 heavy (non-hydrogen) atoms. The lowest BCUT2D eigenvalue weighted by atomic mass is 9.97. The van der Waals surface area contributed by atoms with E-state index in [-0.39, 0.29) is 41.3 Å². The zero-order chi connectivity index (χ0) is 25.8. The Labute approximate surface area is 205 Å². The second-order valence-corrected chi connectivity index (χ2v) is 9.78. The first-order valence-electron chi connectivity index (χ1n) is 11.5. The van der Waals surface area contributed by atoms with Crippen LogP contribution < -0.4 is 15.5 Å². The Morgan fingerprint density at radius 3 is 2.60 bits per heavy atom. The molecule has 2 fully saturated rings. The number of allylic oxidation sites excluding steroid dienone is 1. The number of nitrogens with one attached hydrogen (secondary N) is 3. The highest BCUT2D eigenvalue weighted by atomic mass is 16.2. The SMILES string of the molecule is CN(C(=O)c1cc(N2CC(C#C/C(C=N)=C/NC(C)(C)C)C2)ccc1C=O)C1CCC(=O)NC1=O. The molecule has 2 aliphatic rings. The van der Waals surface area contributed by atoms with Gasteiger partial charge in [0.1, 0.15) is 6.04 Å². The minimum absolute atomic E-state index is 0.113. The van der Waals surface area contributed by atoms with Crippen LogP contribution in [0.15, 0.2) is 30.0 Å². The number of aldehydes is 1. The maximum Gasteiger partial charge on any atom is 0.255 e. The van der Waals surface area contributed by atoms with Crippen LogP contribution in [0.5, 0.6) is 0 Å². The largest absolute Gasteiger partial charge is 0.385 e. The highest BCUT2D eigenvalue weighted by Crippen LogP contribution is 2.27. The van der Waals surface area contributed by atoms with Crippen molar-refractivity contribution in [2.75, 3.05) is 25.0 Å². The van der Waals surface area contributed by atoms with Gasteiger partial charge in [-0.15, -0.1) is 0 Å². The summed E-state index contributed by atoms with van der Waals surface area (Å²) >= 11 is 0. The molecule has 3 N–H and O–H groups in total. The Kier molecular flexibility index (Phi) is 7.75. The fraction of sp³-hybridized carbons (Fsp3) is 0.423. The third kappa shape index (κ3) is 6.35. The van der Waals surface area contributed by atoms with Crippen LogP contribution in [-0.4, -0.2) is 66.8 Å². The first-order valence-corrected chi connectivity index (χ1v) is 11.5. The summed E-state index contributed by atoms with van der Waals surface area (Å²) in [5.41, 5.74) is 1.71. The average Bonchev–Trinajstić information content (AvgIpc) is 2.78. The van der Waals surface area contributed by atoms with Crippen LogP contribution in [0.4, 0.5) is 5.69 Å². The summed E-state index contributed by atoms with van der Waals surface area (Å²) in [5, 5.41) is 13.0. The van der Waals surface area contributed by atoms with Gasteiger partial charge in [-0.05, 0) is 45.4 Å². The molecule has 0 aromatic heterocycles. The van der Waals surface area contributed by atoms with Crippen molar-refractivity contribution in [3.05, 3.63) is 41.1 Å². The second kappa shape index (κ2) is 10.6. The van der Waals surface area contributed by atoms with Gasteiger partial charge in [0, 0.05) is 55.8 Å². The van der Waals surface area contributed by atoms with Gasteiger partial charge in [-0.2, -0.15) is 0 Å². The predicted molar refractivity (Wildman–Crippen MR) is 133 cm³/mol. The monoisotopic (exact) mass is 477 g/mol. The van der Waals surface area contributed by atoms with Gasteiger partial charge in [0.15, 0.2) is 6.29 Å². The molecule has 9 heteroatoms. The van der Waals surface area contributed by atoms with E-state index in [1.807, 2.05) is 20.8 Å². The summed E-state index contributed by atoms with van der Waals surface area (Å²) in [4.78, 5) is 51.7. The number of hydrogen-bond acceptors (Lipinski definition) is 7. The maximum atomic E-state index is 13.2. The molecule has 0 bridgehead atoms. The van der Waals surface area contributed by atoms with Gasteiger partial charge >= 0.3 is 0 Å². The number of hydrogen-bond donors (Lipinski definition) is 3. The van der Waals surface area contributed by atoms with E-state index < -0.39 is 17.9 Å². The van der Waals surface area contributed by atoms with Gasteiger partial charge in [-0.3, -0.25) is 24.5 Å². The minimum Gasteiger partial charge on any atom is -0.385 e. The summed E-state index contributed by atoms with van der Waals surface area (Å²) in [6, 6.07) is 4.28. The second-order valence-electron chi connectivity index (χ2n) is 9.78. The van der Waals surface area contributed by atoms with Crippen molar-refractivity contribution in [1.29, 1.82) is 5.41 Å². The molecule has 0 saturated carbocycles. The molecular formula is C26H31N5O4. The fourth-order valence-electron chi connectivity index (χ4n) is 3.79. The van der Waals surface area contributed by atoms with Gasteiger partial charge in [-0.1, -0.05) is 11.8 Å². The maximum absolute atomic E-state index is 13.2. The Bertz CT molecular complexity index is 1130. The summed E-state index contributed by atoms with van der Waals surface area (Å²) < 4.78 is 0. The molecule has 0 spiro atoms. The average molecular weight is 478 g/mol. The molecule has 3 rings (SSSR count). The molecule has 1 aromatic rings. The molecule has 1 aromatic carbocycles. The Morgan fingerprint density at radius 1 is 1.29 bits per heavy atom. The van der Waals surface area contributed by atoms with Gasteiger partial charge in [-0.25, -0.2) is 0 Å². The van der Waals surface area contributed by atoms with E-state index in [0.717, 1.165) is 5.69 Å². The number of likely N-dealkylation sites (N-methyl/N-ethyl adjacent to an activating group) is 1. The van der Waals surface area contributed by atoms with Crippen molar-refractivity contribution >= 4 is 35.9 Å². The quantitative estimate of drug-likeness (QED) is 0.248. The van der Waals surface area contributed by atoms with Crippen LogP contribution in [0.3, 0.4) is 0 Å². The van der Waals surface area contributed by atoms with Crippen molar-refractivity contribution < 1.29 is 19.2 Å². The molecule has 3 amide bonds. The van der Waals surface area contributed by atoms with E-state index in [1.54, 1.807) is 24.4 Å². The van der Waals surface area contributed by atoms with Gasteiger partial charge in [0.05, 0.1) is 17.1 Å². The van der Waals surface area contributed by atoms with Gasteiger partial charge < -0.3 is 20.5 Å². The third-order valence-corrected chi connectivity index (χ3v) is 5.88. The zero-order valence-electron chi connectivity index (χ0n) is 20.5. The van der Waals surface area contributed by atoms with Gasteiger partial charge in [0.25, 0.3) is 5.91 Å². The first kappa shape index (κ1) is 25.7. The van der Waals surface area contributed by atoms with E-state index in [9.17, 15) is 19.2 Å². The van der Waals surface area contributed by atoms with Crippen molar-refractivity contribution in [3.63, 3.8) is 0 Å². The van der Waals surface area contributed by atoms with Crippen LogP contribution in [0.1, 0.15) is 54.3 Å². The standard InChI is InChI=1S/C26H31N5O4/c1-26(2,3)28-13-17(12-27)5-6-18-14-31(15-18)20-8-7-19(16-32)21(11-20)25(35)30(4)22-9-10-23(33)29-24(22)34/h7-8,11-13,16,18,22,27-28H,9-10,14-15H2,1-4H3,(H,29,33,34)/b17-13-,27-12?. The molecule has 2 aliphatic heterocycles. The van der Waals surface area contributed by atoms with E-state index in [0.29, 0.717) is 24.9 Å². The number of amides is 3. The number of anilines is 1.